The van der Waals surface area contributed by atoms with E-state index in [2.05, 4.69) is 27.0 Å². The molecule has 102 valence electrons. The molecule has 0 amide bonds. The molecule has 0 radical (unpaired) electrons. The Hall–Kier alpha value is -1.95. The van der Waals surface area contributed by atoms with Gasteiger partial charge in [-0.05, 0) is 40.4 Å². The molecule has 1 aromatic carbocycles. The maximum atomic E-state index is 11.2. The van der Waals surface area contributed by atoms with E-state index >= 15 is 0 Å². The highest BCUT2D eigenvalue weighted by Crippen LogP contribution is 2.37. The van der Waals surface area contributed by atoms with Gasteiger partial charge in [0.15, 0.2) is 0 Å². The van der Waals surface area contributed by atoms with Crippen LogP contribution >= 0.6 is 15.9 Å². The summed E-state index contributed by atoms with van der Waals surface area (Å²) < 4.78 is 0.609. The third kappa shape index (κ3) is 2.27. The van der Waals surface area contributed by atoms with E-state index in [1.165, 1.54) is 11.6 Å². The summed E-state index contributed by atoms with van der Waals surface area (Å²) in [5.74, 6) is 0.408. The molecule has 0 bridgehead atoms. The molecule has 5 nitrogen and oxygen atoms in total. The van der Waals surface area contributed by atoms with Crippen molar-refractivity contribution in [2.45, 2.75) is 12.8 Å². The molecular weight excluding hydrogens is 322 g/mol. The zero-order valence-electron chi connectivity index (χ0n) is 10.6. The van der Waals surface area contributed by atoms with Crippen LogP contribution in [0.15, 0.2) is 41.0 Å². The predicted octanol–water partition coefficient (Wildman–Crippen LogP) is 3.84. The largest absolute Gasteiger partial charge is 0.320 e. The summed E-state index contributed by atoms with van der Waals surface area (Å²) in [6, 6.07) is 9.49. The number of hydrogen-bond donors (Lipinski definition) is 0. The van der Waals surface area contributed by atoms with Crippen LogP contribution in [0.5, 0.6) is 0 Å². The molecule has 3 rings (SSSR count). The number of hydrogen-bond acceptors (Lipinski definition) is 4. The standard InChI is InChI=1S/C14H12BrN3O2/c15-11-8-13(18(19)20)14(16-9-11)17-7-3-5-10-4-1-2-6-12(10)17/h1-2,4,6,8-9H,3,5,7H2. The first-order chi connectivity index (χ1) is 9.66. The van der Waals surface area contributed by atoms with Gasteiger partial charge in [-0.15, -0.1) is 0 Å². The van der Waals surface area contributed by atoms with Crippen LogP contribution in [0.1, 0.15) is 12.0 Å². The summed E-state index contributed by atoms with van der Waals surface area (Å²) in [5.41, 5.74) is 2.24. The van der Waals surface area contributed by atoms with Gasteiger partial charge in [-0.25, -0.2) is 4.98 Å². The molecule has 0 aliphatic carbocycles. The molecule has 1 aliphatic rings. The van der Waals surface area contributed by atoms with E-state index in [1.54, 1.807) is 6.20 Å². The van der Waals surface area contributed by atoms with E-state index in [9.17, 15) is 10.1 Å². The van der Waals surface area contributed by atoms with Crippen LogP contribution in [-0.2, 0) is 6.42 Å². The Morgan fingerprint density at radius 3 is 2.95 bits per heavy atom. The number of benzene rings is 1. The number of fused-ring (bicyclic) bond motifs is 1. The summed E-state index contributed by atoms with van der Waals surface area (Å²) in [5, 5.41) is 11.2. The fourth-order valence-electron chi connectivity index (χ4n) is 2.52. The number of aromatic nitrogens is 1. The molecule has 0 N–H and O–H groups in total. The number of pyridine rings is 1. The molecule has 0 spiro atoms. The van der Waals surface area contributed by atoms with E-state index in [4.69, 9.17) is 0 Å². The second-order valence-corrected chi connectivity index (χ2v) is 5.55. The van der Waals surface area contributed by atoms with Crippen molar-refractivity contribution in [1.29, 1.82) is 0 Å². The van der Waals surface area contributed by atoms with Crippen LogP contribution in [-0.4, -0.2) is 16.5 Å². The lowest BCUT2D eigenvalue weighted by Gasteiger charge is -2.29. The molecule has 2 heterocycles. The lowest BCUT2D eigenvalue weighted by molar-refractivity contribution is -0.384. The van der Waals surface area contributed by atoms with Gasteiger partial charge in [0.2, 0.25) is 5.82 Å². The molecule has 0 saturated heterocycles. The summed E-state index contributed by atoms with van der Waals surface area (Å²) in [6.07, 6.45) is 3.56. The minimum absolute atomic E-state index is 0.0241. The third-order valence-corrected chi connectivity index (χ3v) is 3.81. The van der Waals surface area contributed by atoms with Gasteiger partial charge in [0, 0.05) is 29.0 Å². The van der Waals surface area contributed by atoms with E-state index in [0.717, 1.165) is 25.1 Å². The molecule has 0 fully saturated rings. The minimum Gasteiger partial charge on any atom is -0.320 e. The fraction of sp³-hybridized carbons (Fsp3) is 0.214. The topological polar surface area (TPSA) is 59.3 Å². The zero-order chi connectivity index (χ0) is 14.1. The summed E-state index contributed by atoms with van der Waals surface area (Å²) in [4.78, 5) is 17.1. The quantitative estimate of drug-likeness (QED) is 0.618. The Morgan fingerprint density at radius 1 is 1.35 bits per heavy atom. The van der Waals surface area contributed by atoms with Gasteiger partial charge in [0.25, 0.3) is 0 Å². The molecule has 1 aliphatic heterocycles. The van der Waals surface area contributed by atoms with Crippen molar-refractivity contribution in [1.82, 2.24) is 4.98 Å². The van der Waals surface area contributed by atoms with Crippen molar-refractivity contribution in [3.05, 3.63) is 56.7 Å². The van der Waals surface area contributed by atoms with Crippen molar-refractivity contribution >= 4 is 33.1 Å². The molecule has 20 heavy (non-hydrogen) atoms. The minimum atomic E-state index is -0.385. The Balaban J connectivity index is 2.13. The van der Waals surface area contributed by atoms with Crippen molar-refractivity contribution in [2.75, 3.05) is 11.4 Å². The van der Waals surface area contributed by atoms with Gasteiger partial charge < -0.3 is 4.90 Å². The third-order valence-electron chi connectivity index (χ3n) is 3.38. The molecule has 2 aromatic rings. The number of rotatable bonds is 2. The average Bonchev–Trinajstić information content (AvgIpc) is 2.46. The molecule has 0 saturated carbocycles. The maximum absolute atomic E-state index is 11.2. The number of nitro groups is 1. The molecule has 0 atom stereocenters. The van der Waals surface area contributed by atoms with Gasteiger partial charge in [0.1, 0.15) is 0 Å². The van der Waals surface area contributed by atoms with E-state index in [0.29, 0.717) is 10.3 Å². The monoisotopic (exact) mass is 333 g/mol. The molecular formula is C14H12BrN3O2. The van der Waals surface area contributed by atoms with E-state index in [-0.39, 0.29) is 10.6 Å². The van der Waals surface area contributed by atoms with Gasteiger partial charge in [-0.2, -0.15) is 0 Å². The SMILES string of the molecule is O=[N+]([O-])c1cc(Br)cnc1N1CCCc2ccccc21. The normalized spacial score (nSPS) is 13.9. The van der Waals surface area contributed by atoms with Gasteiger partial charge >= 0.3 is 5.69 Å². The van der Waals surface area contributed by atoms with Crippen LogP contribution in [0.25, 0.3) is 0 Å². The Labute approximate surface area is 124 Å². The molecule has 1 aromatic heterocycles. The van der Waals surface area contributed by atoms with Gasteiger partial charge in [-0.3, -0.25) is 10.1 Å². The van der Waals surface area contributed by atoms with Crippen molar-refractivity contribution in [3.8, 4) is 0 Å². The first kappa shape index (κ1) is 13.1. The molecule has 0 unspecified atom stereocenters. The maximum Gasteiger partial charge on any atom is 0.313 e. The van der Waals surface area contributed by atoms with Crippen molar-refractivity contribution in [3.63, 3.8) is 0 Å². The van der Waals surface area contributed by atoms with Crippen LogP contribution in [0.3, 0.4) is 0 Å². The van der Waals surface area contributed by atoms with E-state index < -0.39 is 0 Å². The highest BCUT2D eigenvalue weighted by atomic mass is 79.9. The number of halogens is 1. The Bertz CT molecular complexity index is 675. The Morgan fingerprint density at radius 2 is 2.15 bits per heavy atom. The van der Waals surface area contributed by atoms with Gasteiger partial charge in [0.05, 0.1) is 4.92 Å². The number of aryl methyl sites for hydroxylation is 1. The summed E-state index contributed by atoms with van der Waals surface area (Å²) in [7, 11) is 0. The number of nitrogens with zero attached hydrogens (tertiary/aromatic N) is 3. The second kappa shape index (κ2) is 5.20. The Kier molecular flexibility index (Phi) is 3.40. The van der Waals surface area contributed by atoms with Crippen molar-refractivity contribution in [2.24, 2.45) is 0 Å². The summed E-state index contributed by atoms with van der Waals surface area (Å²) in [6.45, 7) is 0.743. The van der Waals surface area contributed by atoms with E-state index in [1.807, 2.05) is 23.1 Å². The smallest absolute Gasteiger partial charge is 0.313 e. The van der Waals surface area contributed by atoms with Crippen LogP contribution in [0.4, 0.5) is 17.2 Å². The fourth-order valence-corrected chi connectivity index (χ4v) is 2.84. The first-order valence-electron chi connectivity index (χ1n) is 6.32. The lowest BCUT2D eigenvalue weighted by Crippen LogP contribution is -2.26. The van der Waals surface area contributed by atoms with Crippen LogP contribution in [0, 0.1) is 10.1 Å². The predicted molar refractivity (Wildman–Crippen MR) is 80.4 cm³/mol. The van der Waals surface area contributed by atoms with Crippen LogP contribution < -0.4 is 4.90 Å². The average molecular weight is 334 g/mol. The van der Waals surface area contributed by atoms with Crippen molar-refractivity contribution < 1.29 is 4.92 Å². The summed E-state index contributed by atoms with van der Waals surface area (Å²) >= 11 is 3.23. The number of para-hydroxylation sites is 1. The van der Waals surface area contributed by atoms with Gasteiger partial charge in [-0.1, -0.05) is 18.2 Å². The highest BCUT2D eigenvalue weighted by molar-refractivity contribution is 9.10. The second-order valence-electron chi connectivity index (χ2n) is 4.64. The zero-order valence-corrected chi connectivity index (χ0v) is 12.2. The lowest BCUT2D eigenvalue weighted by atomic mass is 10.0. The number of anilines is 2. The van der Waals surface area contributed by atoms with Crippen LogP contribution in [0.2, 0.25) is 0 Å². The molecule has 6 heteroatoms. The highest BCUT2D eigenvalue weighted by Gasteiger charge is 2.26. The first-order valence-corrected chi connectivity index (χ1v) is 7.11.